The third-order valence-electron chi connectivity index (χ3n) is 4.04. The van der Waals surface area contributed by atoms with Gasteiger partial charge in [-0.15, -0.1) is 0 Å². The minimum absolute atomic E-state index is 0.0436. The SMILES string of the molecule is CCC1CN(c2cccc(C(=O)O)c2)CCN1C(=O)OC(C)(C)C. The van der Waals surface area contributed by atoms with Crippen LogP contribution in [-0.4, -0.2) is 53.3 Å². The van der Waals surface area contributed by atoms with Crippen molar-refractivity contribution in [3.8, 4) is 0 Å². The quantitative estimate of drug-likeness (QED) is 0.919. The molecule has 1 heterocycles. The fourth-order valence-corrected chi connectivity index (χ4v) is 2.84. The van der Waals surface area contributed by atoms with Crippen LogP contribution in [0, 0.1) is 0 Å². The summed E-state index contributed by atoms with van der Waals surface area (Å²) in [5, 5.41) is 9.14. The lowest BCUT2D eigenvalue weighted by atomic mass is 10.1. The topological polar surface area (TPSA) is 70.1 Å². The van der Waals surface area contributed by atoms with Crippen LogP contribution < -0.4 is 4.90 Å². The van der Waals surface area contributed by atoms with Gasteiger partial charge in [-0.25, -0.2) is 9.59 Å². The van der Waals surface area contributed by atoms with E-state index in [0.717, 1.165) is 12.1 Å². The number of carbonyl (C=O) groups is 2. The molecule has 0 aliphatic carbocycles. The van der Waals surface area contributed by atoms with Gasteiger partial charge >= 0.3 is 12.1 Å². The first-order valence-electron chi connectivity index (χ1n) is 8.29. The molecule has 1 aromatic rings. The predicted molar refractivity (Wildman–Crippen MR) is 92.6 cm³/mol. The average Bonchev–Trinajstić information content (AvgIpc) is 2.52. The van der Waals surface area contributed by atoms with E-state index in [4.69, 9.17) is 9.84 Å². The summed E-state index contributed by atoms with van der Waals surface area (Å²) in [4.78, 5) is 27.4. The Hall–Kier alpha value is -2.24. The monoisotopic (exact) mass is 334 g/mol. The van der Waals surface area contributed by atoms with Gasteiger partial charge in [0.05, 0.1) is 11.6 Å². The number of carboxylic acids is 1. The molecule has 0 bridgehead atoms. The number of amides is 1. The van der Waals surface area contributed by atoms with E-state index in [2.05, 4.69) is 4.90 Å². The molecule has 2 rings (SSSR count). The van der Waals surface area contributed by atoms with E-state index >= 15 is 0 Å². The van der Waals surface area contributed by atoms with Crippen LogP contribution in [0.4, 0.5) is 10.5 Å². The van der Waals surface area contributed by atoms with E-state index < -0.39 is 11.6 Å². The van der Waals surface area contributed by atoms with Gasteiger partial charge in [-0.3, -0.25) is 0 Å². The van der Waals surface area contributed by atoms with E-state index in [1.54, 1.807) is 23.1 Å². The molecule has 1 aliphatic heterocycles. The standard InChI is InChI=1S/C18H26N2O4/c1-5-14-12-19(15-8-6-7-13(11-15)16(21)22)9-10-20(14)17(23)24-18(2,3)4/h6-8,11,14H,5,9-10,12H2,1-4H3,(H,21,22). The maximum absolute atomic E-state index is 12.4. The summed E-state index contributed by atoms with van der Waals surface area (Å²) in [6, 6.07) is 6.96. The maximum Gasteiger partial charge on any atom is 0.410 e. The van der Waals surface area contributed by atoms with Crippen molar-refractivity contribution >= 4 is 17.7 Å². The largest absolute Gasteiger partial charge is 0.478 e. The molecule has 1 aliphatic rings. The third kappa shape index (κ3) is 4.40. The molecule has 0 aromatic heterocycles. The molecule has 1 atom stereocenters. The highest BCUT2D eigenvalue weighted by Gasteiger charge is 2.32. The van der Waals surface area contributed by atoms with Crippen LogP contribution in [0.25, 0.3) is 0 Å². The summed E-state index contributed by atoms with van der Waals surface area (Å²) in [6.07, 6.45) is 0.530. The van der Waals surface area contributed by atoms with Crippen molar-refractivity contribution in [3.63, 3.8) is 0 Å². The predicted octanol–water partition coefficient (Wildman–Crippen LogP) is 3.22. The lowest BCUT2D eigenvalue weighted by Crippen LogP contribution is -2.56. The molecule has 132 valence electrons. The number of benzene rings is 1. The number of nitrogens with zero attached hydrogens (tertiary/aromatic N) is 2. The zero-order valence-corrected chi connectivity index (χ0v) is 14.8. The number of rotatable bonds is 3. The molecule has 6 heteroatoms. The summed E-state index contributed by atoms with van der Waals surface area (Å²) in [5.41, 5.74) is 0.634. The molecule has 0 saturated carbocycles. The van der Waals surface area contributed by atoms with Crippen LogP contribution in [0.2, 0.25) is 0 Å². The molecule has 1 aromatic carbocycles. The van der Waals surface area contributed by atoms with Gasteiger partial charge in [-0.05, 0) is 45.4 Å². The fraction of sp³-hybridized carbons (Fsp3) is 0.556. The van der Waals surface area contributed by atoms with Gasteiger partial charge in [0.2, 0.25) is 0 Å². The van der Waals surface area contributed by atoms with E-state index in [0.29, 0.717) is 19.6 Å². The molecule has 1 saturated heterocycles. The summed E-state index contributed by atoms with van der Waals surface area (Å²) >= 11 is 0. The second-order valence-electron chi connectivity index (χ2n) is 7.04. The van der Waals surface area contributed by atoms with E-state index in [1.807, 2.05) is 33.8 Å². The fourth-order valence-electron chi connectivity index (χ4n) is 2.84. The van der Waals surface area contributed by atoms with Crippen LogP contribution in [0.5, 0.6) is 0 Å². The highest BCUT2D eigenvalue weighted by atomic mass is 16.6. The smallest absolute Gasteiger partial charge is 0.410 e. The van der Waals surface area contributed by atoms with Crippen LogP contribution in [0.3, 0.4) is 0 Å². The third-order valence-corrected chi connectivity index (χ3v) is 4.04. The van der Waals surface area contributed by atoms with Gasteiger partial charge in [0.15, 0.2) is 0 Å². The number of carboxylic acid groups (broad SMARTS) is 1. The van der Waals surface area contributed by atoms with Crippen LogP contribution in [0.1, 0.15) is 44.5 Å². The van der Waals surface area contributed by atoms with Crippen molar-refractivity contribution in [3.05, 3.63) is 29.8 Å². The van der Waals surface area contributed by atoms with Gasteiger partial charge in [-0.1, -0.05) is 13.0 Å². The Morgan fingerprint density at radius 3 is 2.58 bits per heavy atom. The zero-order chi connectivity index (χ0) is 17.9. The van der Waals surface area contributed by atoms with Gasteiger partial charge in [-0.2, -0.15) is 0 Å². The van der Waals surface area contributed by atoms with Crippen molar-refractivity contribution in [2.24, 2.45) is 0 Å². The van der Waals surface area contributed by atoms with E-state index in [9.17, 15) is 9.59 Å². The van der Waals surface area contributed by atoms with Crippen molar-refractivity contribution in [1.29, 1.82) is 0 Å². The minimum Gasteiger partial charge on any atom is -0.478 e. The number of carbonyl (C=O) groups excluding carboxylic acids is 1. The number of hydrogen-bond donors (Lipinski definition) is 1. The van der Waals surface area contributed by atoms with E-state index in [1.165, 1.54) is 0 Å². The van der Waals surface area contributed by atoms with Crippen molar-refractivity contribution in [2.75, 3.05) is 24.5 Å². The highest BCUT2D eigenvalue weighted by molar-refractivity contribution is 5.88. The molecule has 1 amide bonds. The Morgan fingerprint density at radius 2 is 2.00 bits per heavy atom. The second kappa shape index (κ2) is 7.11. The Bertz CT molecular complexity index is 609. The number of piperazine rings is 1. The Morgan fingerprint density at radius 1 is 1.29 bits per heavy atom. The highest BCUT2D eigenvalue weighted by Crippen LogP contribution is 2.23. The molecular formula is C18H26N2O4. The van der Waals surface area contributed by atoms with Crippen LogP contribution in [0.15, 0.2) is 24.3 Å². The van der Waals surface area contributed by atoms with Crippen molar-refractivity contribution in [2.45, 2.75) is 45.8 Å². The van der Waals surface area contributed by atoms with Gasteiger partial charge in [0, 0.05) is 25.3 Å². The molecule has 1 fully saturated rings. The summed E-state index contributed by atoms with van der Waals surface area (Å²) in [7, 11) is 0. The minimum atomic E-state index is -0.934. The molecule has 1 unspecified atom stereocenters. The summed E-state index contributed by atoms with van der Waals surface area (Å²) in [5.74, 6) is -0.934. The van der Waals surface area contributed by atoms with Crippen LogP contribution in [-0.2, 0) is 4.74 Å². The van der Waals surface area contributed by atoms with Crippen LogP contribution >= 0.6 is 0 Å². The first-order chi connectivity index (χ1) is 11.2. The second-order valence-corrected chi connectivity index (χ2v) is 7.04. The first-order valence-corrected chi connectivity index (χ1v) is 8.29. The Labute approximate surface area is 143 Å². The summed E-state index contributed by atoms with van der Waals surface area (Å²) in [6.45, 7) is 9.50. The molecular weight excluding hydrogens is 308 g/mol. The lowest BCUT2D eigenvalue weighted by molar-refractivity contribution is 0.0136. The molecule has 0 spiro atoms. The molecule has 6 nitrogen and oxygen atoms in total. The molecule has 24 heavy (non-hydrogen) atoms. The van der Waals surface area contributed by atoms with Gasteiger partial charge in [0.25, 0.3) is 0 Å². The average molecular weight is 334 g/mol. The number of ether oxygens (including phenoxy) is 1. The zero-order valence-electron chi connectivity index (χ0n) is 14.8. The van der Waals surface area contributed by atoms with Crippen molar-refractivity contribution in [1.82, 2.24) is 4.90 Å². The molecule has 0 radical (unpaired) electrons. The van der Waals surface area contributed by atoms with E-state index in [-0.39, 0.29) is 17.7 Å². The maximum atomic E-state index is 12.4. The number of aromatic carboxylic acids is 1. The Kier molecular flexibility index (Phi) is 5.36. The van der Waals surface area contributed by atoms with Gasteiger partial charge < -0.3 is 19.6 Å². The van der Waals surface area contributed by atoms with Gasteiger partial charge in [0.1, 0.15) is 5.60 Å². The Balaban J connectivity index is 2.11. The number of hydrogen-bond acceptors (Lipinski definition) is 4. The lowest BCUT2D eigenvalue weighted by Gasteiger charge is -2.42. The summed E-state index contributed by atoms with van der Waals surface area (Å²) < 4.78 is 5.49. The molecule has 1 N–H and O–H groups in total. The first kappa shape index (κ1) is 18.1. The number of anilines is 1. The van der Waals surface area contributed by atoms with Crippen molar-refractivity contribution < 1.29 is 19.4 Å². The normalized spacial score (nSPS) is 18.4.